The van der Waals surface area contributed by atoms with Gasteiger partial charge in [-0.2, -0.15) is 0 Å². The lowest BCUT2D eigenvalue weighted by Crippen LogP contribution is -2.11. The van der Waals surface area contributed by atoms with Crippen molar-refractivity contribution in [2.75, 3.05) is 0 Å². The average molecular weight is 489 g/mol. The van der Waals surface area contributed by atoms with Crippen LogP contribution >= 0.6 is 0 Å². The Labute approximate surface area is 212 Å². The smallest absolute Gasteiger partial charge is 0.343 e. The molecule has 0 amide bonds. The summed E-state index contributed by atoms with van der Waals surface area (Å²) in [7, 11) is 0. The van der Waals surface area contributed by atoms with Gasteiger partial charge in [0.1, 0.15) is 17.2 Å². The molecule has 0 fully saturated rings. The lowest BCUT2D eigenvalue weighted by atomic mass is 10.1. The molecular weight excluding hydrogens is 456 g/mol. The molecule has 3 aromatic rings. The summed E-state index contributed by atoms with van der Waals surface area (Å²) in [6, 6.07) is 19.9. The predicted molar refractivity (Wildman–Crippen MR) is 138 cm³/mol. The molecule has 6 nitrogen and oxygen atoms in total. The van der Waals surface area contributed by atoms with E-state index in [4.69, 9.17) is 14.2 Å². The van der Waals surface area contributed by atoms with Crippen molar-refractivity contribution in [2.24, 2.45) is 0 Å². The minimum atomic E-state index is -0.562. The van der Waals surface area contributed by atoms with Gasteiger partial charge >= 0.3 is 17.9 Å². The number of rotatable bonds is 12. The molecule has 0 unspecified atom stereocenters. The van der Waals surface area contributed by atoms with E-state index in [0.717, 1.165) is 25.7 Å². The number of hydrogen-bond donors (Lipinski definition) is 0. The van der Waals surface area contributed by atoms with Crippen molar-refractivity contribution >= 4 is 17.9 Å². The monoisotopic (exact) mass is 488 g/mol. The van der Waals surface area contributed by atoms with Crippen molar-refractivity contribution in [1.82, 2.24) is 0 Å². The normalized spacial score (nSPS) is 10.5. The average Bonchev–Trinajstić information content (AvgIpc) is 2.89. The van der Waals surface area contributed by atoms with E-state index < -0.39 is 11.9 Å². The van der Waals surface area contributed by atoms with E-state index in [1.807, 2.05) is 19.1 Å². The molecule has 0 radical (unpaired) electrons. The Morgan fingerprint density at radius 1 is 0.556 bits per heavy atom. The molecular formula is C30H32O6. The summed E-state index contributed by atoms with van der Waals surface area (Å²) in [5.41, 5.74) is 1.87. The van der Waals surface area contributed by atoms with Crippen LogP contribution in [0.5, 0.6) is 17.2 Å². The van der Waals surface area contributed by atoms with Crippen molar-refractivity contribution in [3.05, 3.63) is 89.5 Å². The molecule has 0 spiro atoms. The second-order valence-corrected chi connectivity index (χ2v) is 8.51. The first-order valence-corrected chi connectivity index (χ1v) is 12.4. The number of benzene rings is 3. The van der Waals surface area contributed by atoms with Crippen LogP contribution in [-0.4, -0.2) is 17.9 Å². The van der Waals surface area contributed by atoms with Crippen molar-refractivity contribution < 1.29 is 28.6 Å². The van der Waals surface area contributed by atoms with Crippen molar-refractivity contribution in [2.45, 2.75) is 58.8 Å². The van der Waals surface area contributed by atoms with E-state index in [2.05, 4.69) is 6.92 Å². The van der Waals surface area contributed by atoms with E-state index in [0.29, 0.717) is 34.8 Å². The summed E-state index contributed by atoms with van der Waals surface area (Å²) in [4.78, 5) is 36.6. The van der Waals surface area contributed by atoms with Crippen molar-refractivity contribution in [3.63, 3.8) is 0 Å². The first kappa shape index (κ1) is 26.7. The maximum Gasteiger partial charge on any atom is 0.343 e. The molecule has 0 aliphatic heterocycles. The fourth-order valence-corrected chi connectivity index (χ4v) is 3.46. The Morgan fingerprint density at radius 2 is 1.00 bits per heavy atom. The quantitative estimate of drug-likeness (QED) is 0.156. The molecule has 36 heavy (non-hydrogen) atoms. The van der Waals surface area contributed by atoms with Crippen LogP contribution in [0.25, 0.3) is 0 Å². The number of unbranched alkanes of at least 4 members (excludes halogenated alkanes) is 3. The van der Waals surface area contributed by atoms with Crippen molar-refractivity contribution in [1.29, 1.82) is 0 Å². The second kappa shape index (κ2) is 13.8. The van der Waals surface area contributed by atoms with Gasteiger partial charge in [0.15, 0.2) is 0 Å². The Balaban J connectivity index is 1.51. The summed E-state index contributed by atoms with van der Waals surface area (Å²) in [5.74, 6) is -0.201. The Bertz CT molecular complexity index is 1130. The van der Waals surface area contributed by atoms with Gasteiger partial charge in [0, 0.05) is 6.42 Å². The first-order valence-electron chi connectivity index (χ1n) is 12.4. The minimum Gasteiger partial charge on any atom is -0.427 e. The Hall–Kier alpha value is -3.93. The molecule has 0 bridgehead atoms. The second-order valence-electron chi connectivity index (χ2n) is 8.51. The van der Waals surface area contributed by atoms with Crippen LogP contribution in [-0.2, 0) is 11.2 Å². The van der Waals surface area contributed by atoms with Gasteiger partial charge in [0.25, 0.3) is 0 Å². The topological polar surface area (TPSA) is 78.9 Å². The van der Waals surface area contributed by atoms with Gasteiger partial charge in [-0.1, -0.05) is 45.2 Å². The number of carbonyl (C=O) groups is 3. The van der Waals surface area contributed by atoms with E-state index in [-0.39, 0.29) is 5.97 Å². The highest BCUT2D eigenvalue weighted by molar-refractivity contribution is 5.92. The molecule has 0 aliphatic carbocycles. The zero-order valence-corrected chi connectivity index (χ0v) is 20.8. The molecule has 3 rings (SSSR count). The maximum atomic E-state index is 12.5. The van der Waals surface area contributed by atoms with Crippen LogP contribution < -0.4 is 14.2 Å². The van der Waals surface area contributed by atoms with Crippen LogP contribution in [0.2, 0.25) is 0 Å². The van der Waals surface area contributed by atoms with Gasteiger partial charge in [0.05, 0.1) is 11.1 Å². The molecule has 0 N–H and O–H groups in total. The molecule has 0 atom stereocenters. The number of ether oxygens (including phenoxy) is 3. The summed E-state index contributed by atoms with van der Waals surface area (Å²) in [6.07, 6.45) is 6.57. The number of carbonyl (C=O) groups excluding carboxylic acids is 3. The van der Waals surface area contributed by atoms with E-state index in [1.54, 1.807) is 36.4 Å². The molecule has 3 aromatic carbocycles. The fourth-order valence-electron chi connectivity index (χ4n) is 3.46. The minimum absolute atomic E-state index is 0.294. The van der Waals surface area contributed by atoms with Gasteiger partial charge in [0.2, 0.25) is 0 Å². The highest BCUT2D eigenvalue weighted by Crippen LogP contribution is 2.20. The first-order chi connectivity index (χ1) is 17.5. The molecule has 6 heteroatoms. The number of esters is 3. The van der Waals surface area contributed by atoms with Crippen LogP contribution in [0.4, 0.5) is 0 Å². The standard InChI is InChI=1S/C30H32O6/c1-3-5-7-8-22-10-16-26(17-11-22)35-29(32)24-14-20-27(21-15-24)36-30(33)23-12-18-25(19-13-23)34-28(31)9-6-4-2/h10-21H,3-9H2,1-2H3. The third-order valence-electron chi connectivity index (χ3n) is 5.56. The zero-order valence-electron chi connectivity index (χ0n) is 20.8. The number of hydrogen-bond acceptors (Lipinski definition) is 6. The number of aryl methyl sites for hydroxylation is 1. The summed E-state index contributed by atoms with van der Waals surface area (Å²) >= 11 is 0. The Kier molecular flexibility index (Phi) is 10.2. The largest absolute Gasteiger partial charge is 0.427 e. The van der Waals surface area contributed by atoms with Gasteiger partial charge in [-0.25, -0.2) is 9.59 Å². The van der Waals surface area contributed by atoms with E-state index in [1.165, 1.54) is 42.7 Å². The SMILES string of the molecule is CCCCCc1ccc(OC(=O)c2ccc(OC(=O)c3ccc(OC(=O)CCCC)cc3)cc2)cc1. The third kappa shape index (κ3) is 8.38. The fraction of sp³-hybridized carbons (Fsp3) is 0.300. The highest BCUT2D eigenvalue weighted by atomic mass is 16.5. The van der Waals surface area contributed by atoms with Gasteiger partial charge in [-0.3, -0.25) is 4.79 Å². The van der Waals surface area contributed by atoms with Crippen molar-refractivity contribution in [3.8, 4) is 17.2 Å². The summed E-state index contributed by atoms with van der Waals surface area (Å²) < 4.78 is 16.1. The molecule has 0 aliphatic rings. The summed E-state index contributed by atoms with van der Waals surface area (Å²) in [6.45, 7) is 4.18. The predicted octanol–water partition coefficient (Wildman–Crippen LogP) is 6.95. The van der Waals surface area contributed by atoms with Crippen LogP contribution in [0.3, 0.4) is 0 Å². The van der Waals surface area contributed by atoms with Gasteiger partial charge < -0.3 is 14.2 Å². The van der Waals surface area contributed by atoms with E-state index in [9.17, 15) is 14.4 Å². The lowest BCUT2D eigenvalue weighted by molar-refractivity contribution is -0.134. The molecule has 0 saturated heterocycles. The molecule has 188 valence electrons. The van der Waals surface area contributed by atoms with Crippen LogP contribution in [0.15, 0.2) is 72.8 Å². The molecule has 0 saturated carbocycles. The zero-order chi connectivity index (χ0) is 25.8. The van der Waals surface area contributed by atoms with Gasteiger partial charge in [-0.15, -0.1) is 0 Å². The van der Waals surface area contributed by atoms with Gasteiger partial charge in [-0.05, 0) is 85.5 Å². The lowest BCUT2D eigenvalue weighted by Gasteiger charge is -2.08. The third-order valence-corrected chi connectivity index (χ3v) is 5.56. The van der Waals surface area contributed by atoms with Crippen LogP contribution in [0.1, 0.15) is 78.7 Å². The maximum absolute atomic E-state index is 12.5. The Morgan fingerprint density at radius 3 is 1.47 bits per heavy atom. The molecule has 0 heterocycles. The highest BCUT2D eigenvalue weighted by Gasteiger charge is 2.13. The van der Waals surface area contributed by atoms with Crippen LogP contribution in [0, 0.1) is 0 Å². The molecule has 0 aromatic heterocycles. The van der Waals surface area contributed by atoms with E-state index >= 15 is 0 Å². The summed E-state index contributed by atoms with van der Waals surface area (Å²) in [5, 5.41) is 0.